The quantitative estimate of drug-likeness (QED) is 0.873. The number of halogens is 1. The Morgan fingerprint density at radius 1 is 1.21 bits per heavy atom. The highest BCUT2D eigenvalue weighted by Gasteiger charge is 2.17. The lowest BCUT2D eigenvalue weighted by Crippen LogP contribution is -2.33. The van der Waals surface area contributed by atoms with Crippen LogP contribution in [0.4, 0.5) is 0 Å². The van der Waals surface area contributed by atoms with E-state index in [-0.39, 0.29) is 28.6 Å². The lowest BCUT2D eigenvalue weighted by atomic mass is 9.97. The molecule has 1 heterocycles. The first-order valence-corrected chi connectivity index (χ1v) is 9.67. The van der Waals surface area contributed by atoms with Crippen molar-refractivity contribution in [2.45, 2.75) is 37.1 Å². The van der Waals surface area contributed by atoms with Crippen molar-refractivity contribution in [3.8, 4) is 0 Å². The van der Waals surface area contributed by atoms with Crippen LogP contribution in [0.25, 0.3) is 0 Å². The first-order valence-electron chi connectivity index (χ1n) is 7.81. The third-order valence-corrected chi connectivity index (χ3v) is 5.98. The van der Waals surface area contributed by atoms with Crippen LogP contribution in [0.15, 0.2) is 40.0 Å². The van der Waals surface area contributed by atoms with Crippen LogP contribution in [0.2, 0.25) is 5.02 Å². The number of hydrogen-bond donors (Lipinski definition) is 1. The topological polar surface area (TPSA) is 81.1 Å². The minimum atomic E-state index is -3.72. The summed E-state index contributed by atoms with van der Waals surface area (Å²) < 4.78 is 28.3. The summed E-state index contributed by atoms with van der Waals surface area (Å²) in [5.41, 5.74) is 1.75. The predicted octanol–water partition coefficient (Wildman–Crippen LogP) is 1.75. The Balaban J connectivity index is 1.71. The molecule has 3 rings (SSSR count). The smallest absolute Gasteiger partial charge is 0.267 e. The number of fused-ring (bicyclic) bond motifs is 1. The number of hydrogen-bond acceptors (Lipinski definition) is 4. The van der Waals surface area contributed by atoms with E-state index in [1.807, 2.05) is 0 Å². The van der Waals surface area contributed by atoms with E-state index in [4.69, 9.17) is 11.6 Å². The van der Waals surface area contributed by atoms with E-state index in [9.17, 15) is 13.2 Å². The van der Waals surface area contributed by atoms with Gasteiger partial charge in [-0.3, -0.25) is 4.79 Å². The summed E-state index contributed by atoms with van der Waals surface area (Å²) in [4.78, 5) is 12.1. The van der Waals surface area contributed by atoms with Crippen molar-refractivity contribution in [2.24, 2.45) is 0 Å². The van der Waals surface area contributed by atoms with E-state index in [1.54, 1.807) is 18.2 Å². The van der Waals surface area contributed by atoms with Crippen LogP contribution < -0.4 is 10.3 Å². The lowest BCUT2D eigenvalue weighted by molar-refractivity contribution is 0.526. The van der Waals surface area contributed by atoms with E-state index < -0.39 is 10.0 Å². The van der Waals surface area contributed by atoms with Crippen molar-refractivity contribution < 1.29 is 8.42 Å². The third-order valence-electron chi connectivity index (χ3n) is 4.02. The second kappa shape index (κ2) is 7.04. The molecule has 0 radical (unpaired) electrons. The van der Waals surface area contributed by atoms with Crippen molar-refractivity contribution in [1.29, 1.82) is 0 Å². The number of nitrogens with one attached hydrogen (secondary N) is 1. The van der Waals surface area contributed by atoms with Gasteiger partial charge in [-0.1, -0.05) is 23.7 Å². The Morgan fingerprint density at radius 2 is 1.96 bits per heavy atom. The largest absolute Gasteiger partial charge is 0.268 e. The van der Waals surface area contributed by atoms with Gasteiger partial charge in [0, 0.05) is 12.6 Å². The molecule has 6 nitrogen and oxygen atoms in total. The van der Waals surface area contributed by atoms with Gasteiger partial charge in [-0.05, 0) is 43.4 Å². The highest BCUT2D eigenvalue weighted by Crippen LogP contribution is 2.20. The first-order chi connectivity index (χ1) is 11.5. The van der Waals surface area contributed by atoms with Gasteiger partial charge >= 0.3 is 0 Å². The molecule has 2 aromatic rings. The third kappa shape index (κ3) is 3.68. The van der Waals surface area contributed by atoms with Crippen molar-refractivity contribution >= 4 is 21.6 Å². The first kappa shape index (κ1) is 17.1. The Morgan fingerprint density at radius 3 is 2.75 bits per heavy atom. The molecule has 0 aliphatic heterocycles. The molecular formula is C16H18ClN3O3S. The highest BCUT2D eigenvalue weighted by atomic mass is 35.5. The fourth-order valence-electron chi connectivity index (χ4n) is 2.79. The summed E-state index contributed by atoms with van der Waals surface area (Å²) in [6, 6.07) is 7.84. The maximum absolute atomic E-state index is 12.3. The molecule has 1 aliphatic rings. The molecule has 0 bridgehead atoms. The Labute approximate surface area is 145 Å². The summed E-state index contributed by atoms with van der Waals surface area (Å²) in [5, 5.41) is 4.53. The van der Waals surface area contributed by atoms with E-state index in [2.05, 4.69) is 9.82 Å². The molecule has 0 amide bonds. The van der Waals surface area contributed by atoms with Crippen LogP contribution in [0, 0.1) is 0 Å². The summed E-state index contributed by atoms with van der Waals surface area (Å²) in [6.45, 7) is 0.245. The summed E-state index contributed by atoms with van der Waals surface area (Å²) in [5.74, 6) is 0. The highest BCUT2D eigenvalue weighted by molar-refractivity contribution is 7.89. The van der Waals surface area contributed by atoms with Crippen LogP contribution in [-0.2, 0) is 29.4 Å². The van der Waals surface area contributed by atoms with E-state index in [0.29, 0.717) is 0 Å². The monoisotopic (exact) mass is 367 g/mol. The molecule has 0 saturated carbocycles. The second-order valence-corrected chi connectivity index (χ2v) is 7.86. The summed E-state index contributed by atoms with van der Waals surface area (Å²) >= 11 is 5.92. The SMILES string of the molecule is O=c1cc2c(nn1CCNS(=O)(=O)c1ccccc1Cl)CCCC2. The minimum absolute atomic E-state index is 0.0254. The zero-order valence-corrected chi connectivity index (χ0v) is 14.6. The molecule has 0 saturated heterocycles. The maximum atomic E-state index is 12.3. The van der Waals surface area contributed by atoms with Crippen LogP contribution in [0.3, 0.4) is 0 Å². The molecule has 0 spiro atoms. The zero-order valence-electron chi connectivity index (χ0n) is 13.0. The van der Waals surface area contributed by atoms with Gasteiger partial charge in [0.05, 0.1) is 17.3 Å². The molecule has 0 unspecified atom stereocenters. The minimum Gasteiger partial charge on any atom is -0.268 e. The molecule has 0 fully saturated rings. The Bertz CT molecular complexity index is 909. The van der Waals surface area contributed by atoms with Gasteiger partial charge in [0.2, 0.25) is 10.0 Å². The molecule has 8 heteroatoms. The van der Waals surface area contributed by atoms with E-state index in [0.717, 1.165) is 36.9 Å². The van der Waals surface area contributed by atoms with Crippen molar-refractivity contribution in [3.05, 3.63) is 57.0 Å². The van der Waals surface area contributed by atoms with Crippen molar-refractivity contribution in [3.63, 3.8) is 0 Å². The lowest BCUT2D eigenvalue weighted by Gasteiger charge is -2.16. The van der Waals surface area contributed by atoms with Crippen molar-refractivity contribution in [2.75, 3.05) is 6.54 Å². The summed E-state index contributed by atoms with van der Waals surface area (Å²) in [6.07, 6.45) is 3.89. The van der Waals surface area contributed by atoms with Crippen molar-refractivity contribution in [1.82, 2.24) is 14.5 Å². The molecule has 1 aliphatic carbocycles. The van der Waals surface area contributed by atoms with Crippen LogP contribution in [-0.4, -0.2) is 24.7 Å². The fraction of sp³-hybridized carbons (Fsp3) is 0.375. The number of rotatable bonds is 5. The van der Waals surface area contributed by atoms with Gasteiger partial charge in [-0.25, -0.2) is 17.8 Å². The Hall–Kier alpha value is -1.70. The molecular weight excluding hydrogens is 350 g/mol. The maximum Gasteiger partial charge on any atom is 0.267 e. The van der Waals surface area contributed by atoms with Crippen LogP contribution in [0.5, 0.6) is 0 Å². The van der Waals surface area contributed by atoms with E-state index in [1.165, 1.54) is 16.8 Å². The number of sulfonamides is 1. The Kier molecular flexibility index (Phi) is 5.03. The van der Waals surface area contributed by atoms with Gasteiger partial charge in [-0.2, -0.15) is 5.10 Å². The van der Waals surface area contributed by atoms with Crippen LogP contribution in [0.1, 0.15) is 24.1 Å². The standard InChI is InChI=1S/C16H18ClN3O3S/c17-13-6-2-4-8-15(13)24(22,23)18-9-10-20-16(21)11-12-5-1-3-7-14(12)19-20/h2,4,6,8,11,18H,1,3,5,7,9-10H2. The number of benzene rings is 1. The second-order valence-electron chi connectivity index (χ2n) is 5.71. The zero-order chi connectivity index (χ0) is 17.2. The van der Waals surface area contributed by atoms with Gasteiger partial charge in [0.25, 0.3) is 5.56 Å². The van der Waals surface area contributed by atoms with Gasteiger partial charge in [-0.15, -0.1) is 0 Å². The number of aromatic nitrogens is 2. The molecule has 1 N–H and O–H groups in total. The van der Waals surface area contributed by atoms with Gasteiger partial charge in [0.15, 0.2) is 0 Å². The number of nitrogens with zero attached hydrogens (tertiary/aromatic N) is 2. The van der Waals surface area contributed by atoms with Crippen LogP contribution >= 0.6 is 11.6 Å². The molecule has 0 atom stereocenters. The van der Waals surface area contributed by atoms with Gasteiger partial charge < -0.3 is 0 Å². The van der Waals surface area contributed by atoms with E-state index >= 15 is 0 Å². The van der Waals surface area contributed by atoms with Gasteiger partial charge in [0.1, 0.15) is 4.90 Å². The molecule has 24 heavy (non-hydrogen) atoms. The number of aryl methyl sites for hydroxylation is 2. The average Bonchev–Trinajstić information content (AvgIpc) is 2.55. The molecule has 128 valence electrons. The normalized spacial score (nSPS) is 14.4. The average molecular weight is 368 g/mol. The fourth-order valence-corrected chi connectivity index (χ4v) is 4.33. The molecule has 1 aromatic heterocycles. The predicted molar refractivity (Wildman–Crippen MR) is 91.8 cm³/mol. The summed E-state index contributed by atoms with van der Waals surface area (Å²) in [7, 11) is -3.72. The molecule has 1 aromatic carbocycles.